The number of aliphatic imine (C=N–C) groups is 1. The monoisotopic (exact) mass is 518 g/mol. The summed E-state index contributed by atoms with van der Waals surface area (Å²) in [6, 6.07) is 0.189. The SMILES string of the molecule is Cc1nn(C)c(C)c1CC(C)NC(=NCC(=O)N(C)C)NCC1CCCCC1.I. The summed E-state index contributed by atoms with van der Waals surface area (Å²) < 4.78 is 1.93. The Bertz CT molecular complexity index is 679. The van der Waals surface area contributed by atoms with Gasteiger partial charge < -0.3 is 15.5 Å². The molecule has 0 bridgehead atoms. The Hall–Kier alpha value is -1.32. The molecule has 1 aliphatic carbocycles. The maximum absolute atomic E-state index is 12.0. The first-order valence-electron chi connectivity index (χ1n) is 10.5. The second-order valence-corrected chi connectivity index (χ2v) is 8.36. The normalized spacial score (nSPS) is 16.1. The highest BCUT2D eigenvalue weighted by Crippen LogP contribution is 2.22. The van der Waals surface area contributed by atoms with Crippen LogP contribution in [0.4, 0.5) is 0 Å². The quantitative estimate of drug-likeness (QED) is 0.331. The highest BCUT2D eigenvalue weighted by atomic mass is 127. The van der Waals surface area contributed by atoms with E-state index in [1.54, 1.807) is 19.0 Å². The first-order valence-corrected chi connectivity index (χ1v) is 10.5. The minimum absolute atomic E-state index is 0. The van der Waals surface area contributed by atoms with E-state index in [4.69, 9.17) is 0 Å². The lowest BCUT2D eigenvalue weighted by atomic mass is 9.89. The molecule has 1 aliphatic rings. The lowest BCUT2D eigenvalue weighted by molar-refractivity contribution is -0.127. The van der Waals surface area contributed by atoms with Crippen molar-refractivity contribution in [1.29, 1.82) is 0 Å². The molecule has 1 aromatic heterocycles. The van der Waals surface area contributed by atoms with Gasteiger partial charge >= 0.3 is 0 Å². The van der Waals surface area contributed by atoms with Gasteiger partial charge in [0.05, 0.1) is 5.69 Å². The van der Waals surface area contributed by atoms with Gasteiger partial charge in [-0.1, -0.05) is 19.3 Å². The van der Waals surface area contributed by atoms with Gasteiger partial charge in [-0.15, -0.1) is 24.0 Å². The van der Waals surface area contributed by atoms with Gasteiger partial charge in [0.25, 0.3) is 0 Å². The van der Waals surface area contributed by atoms with Crippen molar-refractivity contribution in [3.8, 4) is 0 Å². The topological polar surface area (TPSA) is 74.5 Å². The molecule has 7 nitrogen and oxygen atoms in total. The Morgan fingerprint density at radius 2 is 1.93 bits per heavy atom. The van der Waals surface area contributed by atoms with Crippen LogP contribution in [0.2, 0.25) is 0 Å². The van der Waals surface area contributed by atoms with Crippen LogP contribution in [0.25, 0.3) is 0 Å². The number of halogens is 1. The largest absolute Gasteiger partial charge is 0.356 e. The van der Waals surface area contributed by atoms with Gasteiger partial charge in [0.1, 0.15) is 6.54 Å². The maximum atomic E-state index is 12.0. The van der Waals surface area contributed by atoms with Crippen molar-refractivity contribution in [2.45, 2.75) is 65.3 Å². The second-order valence-electron chi connectivity index (χ2n) is 8.36. The van der Waals surface area contributed by atoms with Crippen molar-refractivity contribution in [3.05, 3.63) is 17.0 Å². The molecule has 29 heavy (non-hydrogen) atoms. The molecule has 0 aliphatic heterocycles. The van der Waals surface area contributed by atoms with Crippen LogP contribution in [-0.4, -0.2) is 59.8 Å². The van der Waals surface area contributed by atoms with Crippen LogP contribution in [0.15, 0.2) is 4.99 Å². The van der Waals surface area contributed by atoms with Crippen LogP contribution in [0.5, 0.6) is 0 Å². The van der Waals surface area contributed by atoms with Crippen LogP contribution in [0, 0.1) is 19.8 Å². The fourth-order valence-electron chi connectivity index (χ4n) is 3.78. The average Bonchev–Trinajstić information content (AvgIpc) is 2.90. The number of hydrogen-bond donors (Lipinski definition) is 2. The molecule has 166 valence electrons. The van der Waals surface area contributed by atoms with Gasteiger partial charge in [-0.25, -0.2) is 4.99 Å². The third-order valence-electron chi connectivity index (χ3n) is 5.71. The van der Waals surface area contributed by atoms with Crippen molar-refractivity contribution in [2.24, 2.45) is 18.0 Å². The number of amides is 1. The van der Waals surface area contributed by atoms with Crippen molar-refractivity contribution in [3.63, 3.8) is 0 Å². The van der Waals surface area contributed by atoms with Crippen molar-refractivity contribution in [1.82, 2.24) is 25.3 Å². The van der Waals surface area contributed by atoms with Gasteiger partial charge in [-0.05, 0) is 51.5 Å². The summed E-state index contributed by atoms with van der Waals surface area (Å²) in [5.41, 5.74) is 3.55. The van der Waals surface area contributed by atoms with E-state index in [0.717, 1.165) is 24.6 Å². The molecular weight excluding hydrogens is 479 g/mol. The summed E-state index contributed by atoms with van der Waals surface area (Å²) in [4.78, 5) is 18.1. The Balaban J connectivity index is 0.00000420. The highest BCUT2D eigenvalue weighted by molar-refractivity contribution is 14.0. The standard InChI is InChI=1S/C21H38N6O.HI/c1-15(12-19-16(2)25-27(6)17(19)3)24-21(23-14-20(28)26(4)5)22-13-18-10-8-7-9-11-18;/h15,18H,7-14H2,1-6H3,(H2,22,23,24);1H. The molecular formula is C21H39IN6O. The predicted octanol–water partition coefficient (Wildman–Crippen LogP) is 2.79. The van der Waals surface area contributed by atoms with Gasteiger partial charge in [0, 0.05) is 39.4 Å². The predicted molar refractivity (Wildman–Crippen MR) is 130 cm³/mol. The maximum Gasteiger partial charge on any atom is 0.243 e. The first-order chi connectivity index (χ1) is 13.3. The Kier molecular flexibility index (Phi) is 11.0. The molecule has 1 saturated carbocycles. The highest BCUT2D eigenvalue weighted by Gasteiger charge is 2.17. The Morgan fingerprint density at radius 1 is 1.28 bits per heavy atom. The minimum Gasteiger partial charge on any atom is -0.356 e. The summed E-state index contributed by atoms with van der Waals surface area (Å²) in [6.45, 7) is 7.39. The number of guanidine groups is 1. The minimum atomic E-state index is 0. The number of rotatable bonds is 7. The zero-order valence-corrected chi connectivity index (χ0v) is 21.2. The molecule has 1 fully saturated rings. The molecule has 0 spiro atoms. The summed E-state index contributed by atoms with van der Waals surface area (Å²) in [5.74, 6) is 1.43. The van der Waals surface area contributed by atoms with Crippen LogP contribution in [0.1, 0.15) is 56.0 Å². The van der Waals surface area contributed by atoms with E-state index in [1.165, 1.54) is 43.4 Å². The number of likely N-dealkylation sites (N-methyl/N-ethyl adjacent to an activating group) is 1. The molecule has 1 aromatic rings. The molecule has 0 radical (unpaired) electrons. The van der Waals surface area contributed by atoms with Gasteiger partial charge in [0.2, 0.25) is 5.91 Å². The van der Waals surface area contributed by atoms with Crippen molar-refractivity contribution < 1.29 is 4.79 Å². The fourth-order valence-corrected chi connectivity index (χ4v) is 3.78. The Labute approximate surface area is 193 Å². The van der Waals surface area contributed by atoms with Crippen LogP contribution in [0.3, 0.4) is 0 Å². The lowest BCUT2D eigenvalue weighted by Gasteiger charge is -2.24. The molecule has 2 rings (SSSR count). The first kappa shape index (κ1) is 25.7. The average molecular weight is 518 g/mol. The zero-order valence-electron chi connectivity index (χ0n) is 18.9. The van der Waals surface area contributed by atoms with Gasteiger partial charge in [-0.3, -0.25) is 9.48 Å². The van der Waals surface area contributed by atoms with E-state index in [0.29, 0.717) is 5.92 Å². The fraction of sp³-hybridized carbons (Fsp3) is 0.762. The molecule has 1 amide bonds. The number of nitrogens with zero attached hydrogens (tertiary/aromatic N) is 4. The second kappa shape index (κ2) is 12.4. The summed E-state index contributed by atoms with van der Waals surface area (Å²) in [7, 11) is 5.50. The van der Waals surface area contributed by atoms with E-state index in [1.807, 2.05) is 11.7 Å². The van der Waals surface area contributed by atoms with Crippen molar-refractivity contribution >= 4 is 35.8 Å². The molecule has 0 saturated heterocycles. The summed E-state index contributed by atoms with van der Waals surface area (Å²) in [5, 5.41) is 11.5. The van der Waals surface area contributed by atoms with Crippen LogP contribution in [-0.2, 0) is 18.3 Å². The number of aromatic nitrogens is 2. The number of carbonyl (C=O) groups is 1. The van der Waals surface area contributed by atoms with Crippen molar-refractivity contribution in [2.75, 3.05) is 27.2 Å². The number of hydrogen-bond acceptors (Lipinski definition) is 3. The van der Waals surface area contributed by atoms with E-state index < -0.39 is 0 Å². The third-order valence-corrected chi connectivity index (χ3v) is 5.71. The molecule has 8 heteroatoms. The van der Waals surface area contributed by atoms with Gasteiger partial charge in [-0.2, -0.15) is 5.10 Å². The molecule has 2 N–H and O–H groups in total. The lowest BCUT2D eigenvalue weighted by Crippen LogP contribution is -2.45. The number of aryl methyl sites for hydroxylation is 2. The Morgan fingerprint density at radius 3 is 2.48 bits per heavy atom. The van der Waals surface area contributed by atoms with E-state index in [9.17, 15) is 4.79 Å². The molecule has 0 aromatic carbocycles. The van der Waals surface area contributed by atoms with E-state index in [-0.39, 0.29) is 42.5 Å². The van der Waals surface area contributed by atoms with Crippen LogP contribution < -0.4 is 10.6 Å². The molecule has 1 heterocycles. The zero-order chi connectivity index (χ0) is 20.7. The van der Waals surface area contributed by atoms with E-state index in [2.05, 4.69) is 41.5 Å². The van der Waals surface area contributed by atoms with Gasteiger partial charge in [0.15, 0.2) is 5.96 Å². The number of carbonyl (C=O) groups excluding carboxylic acids is 1. The van der Waals surface area contributed by atoms with Crippen LogP contribution >= 0.6 is 24.0 Å². The van der Waals surface area contributed by atoms with E-state index >= 15 is 0 Å². The third kappa shape index (κ3) is 8.14. The summed E-state index contributed by atoms with van der Waals surface area (Å²) in [6.07, 6.45) is 7.43. The summed E-state index contributed by atoms with van der Waals surface area (Å²) >= 11 is 0. The smallest absolute Gasteiger partial charge is 0.243 e. The molecule has 1 unspecified atom stereocenters. The number of nitrogens with one attached hydrogen (secondary N) is 2. The molecule has 1 atom stereocenters.